The monoisotopic (exact) mass is 238 g/mol. The van der Waals surface area contributed by atoms with E-state index in [1.807, 2.05) is 4.68 Å². The summed E-state index contributed by atoms with van der Waals surface area (Å²) in [6, 6.07) is 0. The van der Waals surface area contributed by atoms with Crippen LogP contribution in [0.15, 0.2) is 6.20 Å². The van der Waals surface area contributed by atoms with Crippen molar-refractivity contribution in [2.24, 2.45) is 5.92 Å². The van der Waals surface area contributed by atoms with Gasteiger partial charge in [-0.2, -0.15) is 0 Å². The van der Waals surface area contributed by atoms with Gasteiger partial charge in [0.15, 0.2) is 0 Å². The van der Waals surface area contributed by atoms with Crippen molar-refractivity contribution in [1.82, 2.24) is 20.3 Å². The molecule has 1 aromatic heterocycles. The minimum atomic E-state index is 0.763. The van der Waals surface area contributed by atoms with Crippen LogP contribution in [0.2, 0.25) is 0 Å². The van der Waals surface area contributed by atoms with E-state index >= 15 is 0 Å². The third-order valence-electron chi connectivity index (χ3n) is 3.19. The Balaban J connectivity index is 1.71. The van der Waals surface area contributed by atoms with Gasteiger partial charge in [-0.1, -0.05) is 12.1 Å². The highest BCUT2D eigenvalue weighted by molar-refractivity contribution is 5.01. The molecular weight excluding hydrogens is 216 g/mol. The van der Waals surface area contributed by atoms with Gasteiger partial charge in [-0.05, 0) is 44.7 Å². The first-order chi connectivity index (χ1) is 8.40. The molecule has 1 aliphatic rings. The molecule has 1 aromatic rings. The maximum absolute atomic E-state index is 5.74. The summed E-state index contributed by atoms with van der Waals surface area (Å²) in [7, 11) is 0. The molecule has 2 heterocycles. The maximum Gasteiger partial charge on any atom is 0.232 e. The van der Waals surface area contributed by atoms with Gasteiger partial charge in [0.2, 0.25) is 5.88 Å². The summed E-state index contributed by atoms with van der Waals surface area (Å²) < 4.78 is 7.58. The highest BCUT2D eigenvalue weighted by atomic mass is 16.5. The van der Waals surface area contributed by atoms with E-state index in [0.717, 1.165) is 44.3 Å². The van der Waals surface area contributed by atoms with E-state index in [9.17, 15) is 0 Å². The quantitative estimate of drug-likeness (QED) is 0.815. The van der Waals surface area contributed by atoms with Gasteiger partial charge in [0.25, 0.3) is 0 Å². The third kappa shape index (κ3) is 3.70. The van der Waals surface area contributed by atoms with Gasteiger partial charge in [-0.3, -0.25) is 0 Å². The molecule has 0 spiro atoms. The molecule has 5 heteroatoms. The van der Waals surface area contributed by atoms with Crippen LogP contribution < -0.4 is 10.1 Å². The second-order valence-electron chi connectivity index (χ2n) is 4.64. The number of nitrogens with zero attached hydrogens (tertiary/aromatic N) is 3. The molecule has 1 atom stereocenters. The zero-order chi connectivity index (χ0) is 11.9. The third-order valence-corrected chi connectivity index (χ3v) is 3.19. The lowest BCUT2D eigenvalue weighted by atomic mass is 9.97. The second kappa shape index (κ2) is 6.59. The lowest BCUT2D eigenvalue weighted by Crippen LogP contribution is -2.30. The number of hydrogen-bond donors (Lipinski definition) is 1. The summed E-state index contributed by atoms with van der Waals surface area (Å²) in [6.07, 6.45) is 6.48. The number of hydrogen-bond acceptors (Lipinski definition) is 4. The molecule has 96 valence electrons. The number of ether oxygens (including phenoxy) is 1. The molecule has 0 aliphatic carbocycles. The van der Waals surface area contributed by atoms with Crippen LogP contribution in [0.25, 0.3) is 0 Å². The van der Waals surface area contributed by atoms with E-state index in [0.29, 0.717) is 0 Å². The van der Waals surface area contributed by atoms with Crippen molar-refractivity contribution in [3.05, 3.63) is 6.20 Å². The molecule has 1 N–H and O–H groups in total. The summed E-state index contributed by atoms with van der Waals surface area (Å²) in [6.45, 7) is 6.07. The van der Waals surface area contributed by atoms with Crippen LogP contribution in [-0.2, 0) is 6.54 Å². The average molecular weight is 238 g/mol. The molecule has 1 saturated heterocycles. The number of nitrogens with one attached hydrogen (secondary N) is 1. The first-order valence-electron chi connectivity index (χ1n) is 6.62. The fourth-order valence-corrected chi connectivity index (χ4v) is 2.23. The van der Waals surface area contributed by atoms with Crippen molar-refractivity contribution in [2.45, 2.75) is 39.2 Å². The minimum absolute atomic E-state index is 0.763. The summed E-state index contributed by atoms with van der Waals surface area (Å²) in [4.78, 5) is 0. The van der Waals surface area contributed by atoms with E-state index in [1.165, 1.54) is 19.4 Å². The van der Waals surface area contributed by atoms with Gasteiger partial charge < -0.3 is 10.1 Å². The molecule has 5 nitrogen and oxygen atoms in total. The van der Waals surface area contributed by atoms with Crippen molar-refractivity contribution in [3.63, 3.8) is 0 Å². The van der Waals surface area contributed by atoms with Gasteiger partial charge in [-0.25, -0.2) is 4.68 Å². The highest BCUT2D eigenvalue weighted by Gasteiger charge is 2.13. The maximum atomic E-state index is 5.74. The molecule has 0 bridgehead atoms. The molecule has 1 aliphatic heterocycles. The lowest BCUT2D eigenvalue weighted by Gasteiger charge is -2.22. The van der Waals surface area contributed by atoms with Crippen LogP contribution in [0.3, 0.4) is 0 Å². The Kier molecular flexibility index (Phi) is 4.79. The Labute approximate surface area is 103 Å². The number of piperidine rings is 1. The lowest BCUT2D eigenvalue weighted by molar-refractivity contribution is 0.235. The van der Waals surface area contributed by atoms with E-state index < -0.39 is 0 Å². The molecule has 0 radical (unpaired) electrons. The fourth-order valence-electron chi connectivity index (χ4n) is 2.23. The first kappa shape index (κ1) is 12.4. The number of rotatable bonds is 6. The molecule has 17 heavy (non-hydrogen) atoms. The van der Waals surface area contributed by atoms with Crippen LogP contribution in [-0.4, -0.2) is 34.7 Å². The van der Waals surface area contributed by atoms with Crippen molar-refractivity contribution in [1.29, 1.82) is 0 Å². The average Bonchev–Trinajstić information content (AvgIpc) is 2.79. The molecule has 1 fully saturated rings. The SMILES string of the molecule is CCCn1nncc1OCCC1CCCNC1. The number of aryl methyl sites for hydroxylation is 1. The smallest absolute Gasteiger partial charge is 0.232 e. The molecule has 1 unspecified atom stereocenters. The van der Waals surface area contributed by atoms with Crippen LogP contribution >= 0.6 is 0 Å². The Hall–Kier alpha value is -1.10. The summed E-state index contributed by atoms with van der Waals surface area (Å²) >= 11 is 0. The Morgan fingerprint density at radius 2 is 2.53 bits per heavy atom. The summed E-state index contributed by atoms with van der Waals surface area (Å²) in [5.74, 6) is 1.56. The fraction of sp³-hybridized carbons (Fsp3) is 0.833. The Morgan fingerprint density at radius 1 is 1.59 bits per heavy atom. The van der Waals surface area contributed by atoms with E-state index in [-0.39, 0.29) is 0 Å². The van der Waals surface area contributed by atoms with E-state index in [1.54, 1.807) is 6.20 Å². The minimum Gasteiger partial charge on any atom is -0.477 e. The Morgan fingerprint density at radius 3 is 3.29 bits per heavy atom. The van der Waals surface area contributed by atoms with Gasteiger partial charge >= 0.3 is 0 Å². The van der Waals surface area contributed by atoms with Crippen molar-refractivity contribution in [3.8, 4) is 5.88 Å². The van der Waals surface area contributed by atoms with Crippen LogP contribution in [0, 0.1) is 5.92 Å². The van der Waals surface area contributed by atoms with Crippen LogP contribution in [0.5, 0.6) is 5.88 Å². The Bertz CT molecular complexity index is 320. The molecular formula is C12H22N4O. The molecule has 2 rings (SSSR count). The van der Waals surface area contributed by atoms with Crippen molar-refractivity contribution in [2.75, 3.05) is 19.7 Å². The van der Waals surface area contributed by atoms with Crippen molar-refractivity contribution < 1.29 is 4.74 Å². The van der Waals surface area contributed by atoms with Crippen LogP contribution in [0.4, 0.5) is 0 Å². The topological polar surface area (TPSA) is 52.0 Å². The van der Waals surface area contributed by atoms with Gasteiger partial charge in [0.05, 0.1) is 6.61 Å². The predicted octanol–water partition coefficient (Wildman–Crippen LogP) is 1.46. The first-order valence-corrected chi connectivity index (χ1v) is 6.62. The van der Waals surface area contributed by atoms with Crippen molar-refractivity contribution >= 4 is 0 Å². The van der Waals surface area contributed by atoms with Gasteiger partial charge in [0, 0.05) is 6.54 Å². The highest BCUT2D eigenvalue weighted by Crippen LogP contribution is 2.15. The zero-order valence-electron chi connectivity index (χ0n) is 10.6. The van der Waals surface area contributed by atoms with E-state index in [2.05, 4.69) is 22.6 Å². The largest absolute Gasteiger partial charge is 0.477 e. The van der Waals surface area contributed by atoms with E-state index in [4.69, 9.17) is 4.74 Å². The molecule has 0 saturated carbocycles. The van der Waals surface area contributed by atoms with Crippen LogP contribution in [0.1, 0.15) is 32.6 Å². The summed E-state index contributed by atoms with van der Waals surface area (Å²) in [5, 5.41) is 11.3. The normalized spacial score (nSPS) is 20.4. The second-order valence-corrected chi connectivity index (χ2v) is 4.64. The predicted molar refractivity (Wildman–Crippen MR) is 66.0 cm³/mol. The molecule has 0 aromatic carbocycles. The molecule has 0 amide bonds. The summed E-state index contributed by atoms with van der Waals surface area (Å²) in [5.41, 5.74) is 0. The number of aromatic nitrogens is 3. The van der Waals surface area contributed by atoms with Gasteiger partial charge in [0.1, 0.15) is 6.20 Å². The zero-order valence-corrected chi connectivity index (χ0v) is 10.6. The standard InChI is InChI=1S/C12H22N4O/c1-2-7-16-12(10-14-15-16)17-8-5-11-4-3-6-13-9-11/h10-11,13H,2-9H2,1H3. The van der Waals surface area contributed by atoms with Gasteiger partial charge in [-0.15, -0.1) is 5.10 Å².